The molecule has 2 aromatic rings. The largest absolute Gasteiger partial charge is 0.396 e. The minimum absolute atomic E-state index is 0.0824. The fourth-order valence-electron chi connectivity index (χ4n) is 3.99. The van der Waals surface area contributed by atoms with Gasteiger partial charge in [0.25, 0.3) is 0 Å². The monoisotopic (exact) mass is 397 g/mol. The molecule has 3 rings (SSSR count). The van der Waals surface area contributed by atoms with Gasteiger partial charge in [-0.3, -0.25) is 4.79 Å². The summed E-state index contributed by atoms with van der Waals surface area (Å²) in [6, 6.07) is 6.05. The van der Waals surface area contributed by atoms with Gasteiger partial charge in [-0.2, -0.15) is 0 Å². The van der Waals surface area contributed by atoms with E-state index in [9.17, 15) is 9.90 Å². The minimum atomic E-state index is -0.0824. The number of benzene rings is 1. The average Bonchev–Trinajstić information content (AvgIpc) is 2.70. The van der Waals surface area contributed by atoms with Crippen LogP contribution >= 0.6 is 0 Å². The van der Waals surface area contributed by atoms with E-state index in [0.717, 1.165) is 48.6 Å². The first kappa shape index (κ1) is 21.0. The molecular weight excluding hydrogens is 366 g/mol. The molecule has 1 fully saturated rings. The van der Waals surface area contributed by atoms with Crippen LogP contribution in [-0.2, 0) is 4.79 Å². The van der Waals surface area contributed by atoms with Crippen LogP contribution in [0.2, 0.25) is 0 Å². The zero-order valence-electron chi connectivity index (χ0n) is 17.8. The number of nitrogens with one attached hydrogen (secondary N) is 1. The van der Waals surface area contributed by atoms with Crippen LogP contribution in [0.25, 0.3) is 0 Å². The van der Waals surface area contributed by atoms with Crippen molar-refractivity contribution in [3.63, 3.8) is 0 Å². The summed E-state index contributed by atoms with van der Waals surface area (Å²) in [7, 11) is 1.85. The summed E-state index contributed by atoms with van der Waals surface area (Å²) in [4.78, 5) is 25.4. The number of piperidine rings is 1. The molecule has 0 bridgehead atoms. The van der Waals surface area contributed by atoms with Crippen LogP contribution in [0.1, 0.15) is 29.5 Å². The van der Waals surface area contributed by atoms with Crippen LogP contribution < -0.4 is 15.1 Å². The Bertz CT molecular complexity index is 847. The van der Waals surface area contributed by atoms with E-state index in [1.54, 1.807) is 0 Å². The molecule has 2 N–H and O–H groups in total. The number of rotatable bonds is 6. The van der Waals surface area contributed by atoms with E-state index >= 15 is 0 Å². The van der Waals surface area contributed by atoms with Gasteiger partial charge in [-0.1, -0.05) is 17.7 Å². The highest BCUT2D eigenvalue weighted by molar-refractivity contribution is 5.95. The Morgan fingerprint density at radius 2 is 1.97 bits per heavy atom. The molecule has 1 amide bonds. The second-order valence-corrected chi connectivity index (χ2v) is 8.05. The fourth-order valence-corrected chi connectivity index (χ4v) is 3.99. The molecular formula is C22H31N5O2. The van der Waals surface area contributed by atoms with Gasteiger partial charge in [-0.25, -0.2) is 9.97 Å². The molecule has 7 nitrogen and oxygen atoms in total. The van der Waals surface area contributed by atoms with Crippen LogP contribution in [0.4, 0.5) is 17.3 Å². The number of nitrogens with zero attached hydrogens (tertiary/aromatic N) is 4. The summed E-state index contributed by atoms with van der Waals surface area (Å²) in [5, 5.41) is 12.5. The van der Waals surface area contributed by atoms with E-state index in [1.165, 1.54) is 11.9 Å². The normalized spacial score (nSPS) is 16.6. The first-order valence-corrected chi connectivity index (χ1v) is 10.1. The fraction of sp³-hybridized carbons (Fsp3) is 0.500. The molecule has 0 aliphatic carbocycles. The predicted molar refractivity (Wildman–Crippen MR) is 117 cm³/mol. The Balaban J connectivity index is 1.66. The number of carbonyl (C=O) groups excluding carboxylic acids is 1. The van der Waals surface area contributed by atoms with E-state index in [4.69, 9.17) is 0 Å². The maximum atomic E-state index is 12.6. The second kappa shape index (κ2) is 9.22. The SMILES string of the molecule is Cc1cc(C)c(NC(=O)CN(C)c2cc(N3CCCC(CO)C3)ncn2)c(C)c1. The highest BCUT2D eigenvalue weighted by atomic mass is 16.3. The lowest BCUT2D eigenvalue weighted by Crippen LogP contribution is -2.37. The molecule has 0 spiro atoms. The number of hydrogen-bond donors (Lipinski definition) is 2. The predicted octanol–water partition coefficient (Wildman–Crippen LogP) is 2.69. The summed E-state index contributed by atoms with van der Waals surface area (Å²) in [5.74, 6) is 1.74. The van der Waals surface area contributed by atoms with Gasteiger partial charge in [0, 0.05) is 38.5 Å². The summed E-state index contributed by atoms with van der Waals surface area (Å²) in [6.45, 7) is 8.18. The van der Waals surface area contributed by atoms with Gasteiger partial charge in [0.15, 0.2) is 0 Å². The van der Waals surface area contributed by atoms with Crippen molar-refractivity contribution in [2.24, 2.45) is 5.92 Å². The first-order chi connectivity index (χ1) is 13.9. The molecule has 0 radical (unpaired) electrons. The lowest BCUT2D eigenvalue weighted by Gasteiger charge is -2.33. The van der Waals surface area contributed by atoms with Gasteiger partial charge in [-0.15, -0.1) is 0 Å². The third kappa shape index (κ3) is 5.23. The van der Waals surface area contributed by atoms with Crippen molar-refractivity contribution >= 4 is 23.2 Å². The molecule has 0 saturated carbocycles. The number of hydrogen-bond acceptors (Lipinski definition) is 6. The number of aromatic nitrogens is 2. The molecule has 1 aromatic carbocycles. The standard InChI is InChI=1S/C22H31N5O2/c1-15-8-16(2)22(17(3)9-15)25-21(29)12-26(4)19-10-20(24-14-23-19)27-7-5-6-18(11-27)13-28/h8-10,14,18,28H,5-7,11-13H2,1-4H3,(H,25,29). The van der Waals surface area contributed by atoms with Gasteiger partial charge in [0.1, 0.15) is 18.0 Å². The van der Waals surface area contributed by atoms with Crippen molar-refractivity contribution in [3.05, 3.63) is 41.2 Å². The molecule has 156 valence electrons. The number of amides is 1. The topological polar surface area (TPSA) is 81.6 Å². The number of anilines is 3. The maximum absolute atomic E-state index is 12.6. The lowest BCUT2D eigenvalue weighted by atomic mass is 9.99. The third-order valence-electron chi connectivity index (χ3n) is 5.45. The van der Waals surface area contributed by atoms with Crippen molar-refractivity contribution in [3.8, 4) is 0 Å². The summed E-state index contributed by atoms with van der Waals surface area (Å²) in [5.41, 5.74) is 4.18. The van der Waals surface area contributed by atoms with Crippen LogP contribution in [-0.4, -0.2) is 54.3 Å². The highest BCUT2D eigenvalue weighted by Gasteiger charge is 2.21. The summed E-state index contributed by atoms with van der Waals surface area (Å²) in [6.07, 6.45) is 3.62. The Morgan fingerprint density at radius 1 is 1.24 bits per heavy atom. The van der Waals surface area contributed by atoms with Crippen LogP contribution in [0.5, 0.6) is 0 Å². The van der Waals surface area contributed by atoms with E-state index < -0.39 is 0 Å². The Kier molecular flexibility index (Phi) is 6.69. The van der Waals surface area contributed by atoms with Gasteiger partial charge < -0.3 is 20.2 Å². The van der Waals surface area contributed by atoms with Crippen LogP contribution in [0.15, 0.2) is 24.5 Å². The Labute approximate surface area is 172 Å². The van der Waals surface area contributed by atoms with Crippen molar-refractivity contribution in [2.45, 2.75) is 33.6 Å². The zero-order valence-corrected chi connectivity index (χ0v) is 17.8. The summed E-state index contributed by atoms with van der Waals surface area (Å²) >= 11 is 0. The highest BCUT2D eigenvalue weighted by Crippen LogP contribution is 2.24. The summed E-state index contributed by atoms with van der Waals surface area (Å²) < 4.78 is 0. The Morgan fingerprint density at radius 3 is 2.66 bits per heavy atom. The molecule has 1 atom stereocenters. The number of likely N-dealkylation sites (N-methyl/N-ethyl adjacent to an activating group) is 1. The van der Waals surface area contributed by atoms with Gasteiger partial charge in [0.2, 0.25) is 5.91 Å². The quantitative estimate of drug-likeness (QED) is 0.780. The second-order valence-electron chi connectivity index (χ2n) is 8.05. The van der Waals surface area contributed by atoms with Gasteiger partial charge >= 0.3 is 0 Å². The van der Waals surface area contributed by atoms with Crippen LogP contribution in [0.3, 0.4) is 0 Å². The zero-order chi connectivity index (χ0) is 21.0. The van der Waals surface area contributed by atoms with Crippen LogP contribution in [0, 0.1) is 26.7 Å². The molecule has 1 unspecified atom stereocenters. The lowest BCUT2D eigenvalue weighted by molar-refractivity contribution is -0.114. The number of carbonyl (C=O) groups is 1. The molecule has 29 heavy (non-hydrogen) atoms. The molecule has 1 saturated heterocycles. The third-order valence-corrected chi connectivity index (χ3v) is 5.45. The van der Waals surface area contributed by atoms with E-state index in [2.05, 4.69) is 39.2 Å². The van der Waals surface area contributed by atoms with Gasteiger partial charge in [0.05, 0.1) is 6.54 Å². The minimum Gasteiger partial charge on any atom is -0.396 e. The number of aryl methyl sites for hydroxylation is 3. The Hall–Kier alpha value is -2.67. The molecule has 1 aromatic heterocycles. The van der Waals surface area contributed by atoms with E-state index in [-0.39, 0.29) is 25.0 Å². The molecule has 2 heterocycles. The smallest absolute Gasteiger partial charge is 0.243 e. The van der Waals surface area contributed by atoms with Crippen molar-refractivity contribution in [2.75, 3.05) is 48.4 Å². The van der Waals surface area contributed by atoms with Gasteiger partial charge in [-0.05, 0) is 50.7 Å². The van der Waals surface area contributed by atoms with Crippen molar-refractivity contribution in [1.82, 2.24) is 9.97 Å². The average molecular weight is 398 g/mol. The van der Waals surface area contributed by atoms with Crippen molar-refractivity contribution < 1.29 is 9.90 Å². The first-order valence-electron chi connectivity index (χ1n) is 10.1. The van der Waals surface area contributed by atoms with E-state index in [1.807, 2.05) is 31.9 Å². The van der Waals surface area contributed by atoms with E-state index in [0.29, 0.717) is 5.82 Å². The molecule has 7 heteroatoms. The molecule has 1 aliphatic rings. The molecule has 1 aliphatic heterocycles. The number of aliphatic hydroxyl groups is 1. The maximum Gasteiger partial charge on any atom is 0.243 e. The van der Waals surface area contributed by atoms with Crippen molar-refractivity contribution in [1.29, 1.82) is 0 Å². The number of aliphatic hydroxyl groups excluding tert-OH is 1.